The number of hydrogen-bond acceptors (Lipinski definition) is 3. The molecule has 0 unspecified atom stereocenters. The number of aromatic nitrogens is 5. The molecular formula is C12H9Cl2N5. The van der Waals surface area contributed by atoms with Gasteiger partial charge in [-0.25, -0.2) is 4.68 Å². The van der Waals surface area contributed by atoms with Crippen LogP contribution in [0.1, 0.15) is 5.69 Å². The van der Waals surface area contributed by atoms with Crippen molar-refractivity contribution >= 4 is 23.2 Å². The summed E-state index contributed by atoms with van der Waals surface area (Å²) in [6.45, 7) is 1.92. The normalized spacial score (nSPS) is 10.9. The average molecular weight is 294 g/mol. The van der Waals surface area contributed by atoms with Crippen LogP contribution in [-0.2, 0) is 0 Å². The molecule has 0 spiro atoms. The molecule has 0 aliphatic carbocycles. The summed E-state index contributed by atoms with van der Waals surface area (Å²) < 4.78 is 1.68. The molecule has 1 N–H and O–H groups in total. The molecule has 0 saturated heterocycles. The summed E-state index contributed by atoms with van der Waals surface area (Å²) in [5.74, 6) is 0. The maximum Gasteiger partial charge on any atom is 0.134 e. The number of rotatable bonds is 2. The minimum atomic E-state index is 0.525. The lowest BCUT2D eigenvalue weighted by Crippen LogP contribution is -2.00. The van der Waals surface area contributed by atoms with E-state index in [1.54, 1.807) is 23.0 Å². The molecule has 2 aromatic heterocycles. The summed E-state index contributed by atoms with van der Waals surface area (Å²) in [6.07, 6.45) is 1.67. The Labute approximate surface area is 119 Å². The zero-order valence-corrected chi connectivity index (χ0v) is 11.4. The van der Waals surface area contributed by atoms with Crippen LogP contribution >= 0.6 is 23.2 Å². The molecule has 0 saturated carbocycles. The van der Waals surface area contributed by atoms with Gasteiger partial charge in [-0.15, -0.1) is 5.10 Å². The van der Waals surface area contributed by atoms with Gasteiger partial charge in [-0.1, -0.05) is 28.4 Å². The minimum Gasteiger partial charge on any atom is -0.276 e. The largest absolute Gasteiger partial charge is 0.276 e. The summed E-state index contributed by atoms with van der Waals surface area (Å²) in [5.41, 5.74) is 3.16. The first-order valence-corrected chi connectivity index (χ1v) is 6.30. The lowest BCUT2D eigenvalue weighted by atomic mass is 10.2. The molecule has 2 heterocycles. The highest BCUT2D eigenvalue weighted by molar-refractivity contribution is 6.35. The van der Waals surface area contributed by atoms with Crippen LogP contribution in [0.3, 0.4) is 0 Å². The standard InChI is InChI=1S/C12H9Cl2N5/c1-7-12(10-4-5-15-16-10)17-18-19(7)11-3-2-8(13)6-9(11)14/h2-6H,1H3,(H,15,16). The molecule has 0 aliphatic heterocycles. The summed E-state index contributed by atoms with van der Waals surface area (Å²) >= 11 is 12.1. The molecule has 3 aromatic rings. The summed E-state index contributed by atoms with van der Waals surface area (Å²) in [6, 6.07) is 7.09. The smallest absolute Gasteiger partial charge is 0.134 e. The number of nitrogens with zero attached hydrogens (tertiary/aromatic N) is 4. The Bertz CT molecular complexity index is 718. The predicted octanol–water partition coefficient (Wildman–Crippen LogP) is 3.27. The van der Waals surface area contributed by atoms with Crippen molar-refractivity contribution in [2.45, 2.75) is 6.92 Å². The fraction of sp³-hybridized carbons (Fsp3) is 0.0833. The molecule has 0 radical (unpaired) electrons. The maximum absolute atomic E-state index is 6.18. The number of aromatic amines is 1. The van der Waals surface area contributed by atoms with Gasteiger partial charge in [0.1, 0.15) is 5.69 Å². The third-order valence-electron chi connectivity index (χ3n) is 2.79. The van der Waals surface area contributed by atoms with Gasteiger partial charge >= 0.3 is 0 Å². The van der Waals surface area contributed by atoms with Crippen molar-refractivity contribution in [2.24, 2.45) is 0 Å². The topological polar surface area (TPSA) is 59.4 Å². The zero-order chi connectivity index (χ0) is 13.4. The van der Waals surface area contributed by atoms with Crippen LogP contribution in [0, 0.1) is 6.92 Å². The van der Waals surface area contributed by atoms with E-state index in [9.17, 15) is 0 Å². The van der Waals surface area contributed by atoms with Crippen LogP contribution in [0.25, 0.3) is 17.1 Å². The van der Waals surface area contributed by atoms with Gasteiger partial charge in [0.25, 0.3) is 0 Å². The van der Waals surface area contributed by atoms with E-state index in [1.807, 2.05) is 19.1 Å². The van der Waals surface area contributed by atoms with E-state index in [2.05, 4.69) is 20.5 Å². The third-order valence-corrected chi connectivity index (χ3v) is 3.33. The van der Waals surface area contributed by atoms with E-state index >= 15 is 0 Å². The van der Waals surface area contributed by atoms with E-state index in [0.717, 1.165) is 22.8 Å². The van der Waals surface area contributed by atoms with E-state index in [1.165, 1.54) is 0 Å². The van der Waals surface area contributed by atoms with Crippen LogP contribution in [-0.4, -0.2) is 25.2 Å². The molecule has 19 heavy (non-hydrogen) atoms. The second kappa shape index (κ2) is 4.68. The van der Waals surface area contributed by atoms with Crippen LogP contribution in [0.4, 0.5) is 0 Å². The Morgan fingerprint density at radius 3 is 2.74 bits per heavy atom. The Kier molecular flexibility index (Phi) is 3.00. The molecule has 0 aliphatic rings. The highest BCUT2D eigenvalue weighted by Gasteiger charge is 2.14. The van der Waals surface area contributed by atoms with Crippen molar-refractivity contribution in [1.82, 2.24) is 25.2 Å². The molecule has 96 valence electrons. The van der Waals surface area contributed by atoms with Crippen LogP contribution in [0.15, 0.2) is 30.5 Å². The minimum absolute atomic E-state index is 0.525. The molecule has 0 amide bonds. The molecule has 0 bridgehead atoms. The van der Waals surface area contributed by atoms with Crippen molar-refractivity contribution < 1.29 is 0 Å². The third kappa shape index (κ3) is 2.11. The maximum atomic E-state index is 6.18. The number of halogens is 2. The second-order valence-electron chi connectivity index (χ2n) is 4.00. The summed E-state index contributed by atoms with van der Waals surface area (Å²) in [5, 5.41) is 16.1. The SMILES string of the molecule is Cc1c(-c2ccn[nH]2)nnn1-c1ccc(Cl)cc1Cl. The lowest BCUT2D eigenvalue weighted by Gasteiger charge is -2.06. The average Bonchev–Trinajstić information content (AvgIpc) is 2.99. The fourth-order valence-electron chi connectivity index (χ4n) is 1.85. The second-order valence-corrected chi connectivity index (χ2v) is 4.84. The fourth-order valence-corrected chi connectivity index (χ4v) is 2.34. The number of benzene rings is 1. The Balaban J connectivity index is 2.12. The van der Waals surface area contributed by atoms with Gasteiger partial charge in [0, 0.05) is 11.2 Å². The Morgan fingerprint density at radius 1 is 1.21 bits per heavy atom. The molecule has 7 heteroatoms. The highest BCUT2D eigenvalue weighted by Crippen LogP contribution is 2.27. The first-order valence-electron chi connectivity index (χ1n) is 5.54. The van der Waals surface area contributed by atoms with Gasteiger partial charge in [0.15, 0.2) is 0 Å². The van der Waals surface area contributed by atoms with Gasteiger partial charge < -0.3 is 0 Å². The van der Waals surface area contributed by atoms with Crippen LogP contribution in [0.2, 0.25) is 10.0 Å². The summed E-state index contributed by atoms with van der Waals surface area (Å²) in [4.78, 5) is 0. The van der Waals surface area contributed by atoms with Gasteiger partial charge in [0.2, 0.25) is 0 Å². The van der Waals surface area contributed by atoms with Crippen molar-refractivity contribution in [3.8, 4) is 17.1 Å². The number of hydrogen-bond donors (Lipinski definition) is 1. The molecular weight excluding hydrogens is 285 g/mol. The van der Waals surface area contributed by atoms with E-state index < -0.39 is 0 Å². The summed E-state index contributed by atoms with van der Waals surface area (Å²) in [7, 11) is 0. The van der Waals surface area contributed by atoms with Crippen LogP contribution in [0.5, 0.6) is 0 Å². The first kappa shape index (κ1) is 12.2. The monoisotopic (exact) mass is 293 g/mol. The van der Waals surface area contributed by atoms with Gasteiger partial charge in [-0.2, -0.15) is 5.10 Å². The predicted molar refractivity (Wildman–Crippen MR) is 73.7 cm³/mol. The number of H-pyrrole nitrogens is 1. The van der Waals surface area contributed by atoms with Crippen molar-refractivity contribution in [1.29, 1.82) is 0 Å². The zero-order valence-electron chi connectivity index (χ0n) is 9.93. The van der Waals surface area contributed by atoms with Gasteiger partial charge in [-0.05, 0) is 31.2 Å². The Hall–Kier alpha value is -1.85. The molecule has 0 fully saturated rings. The quantitative estimate of drug-likeness (QED) is 0.789. The van der Waals surface area contributed by atoms with Gasteiger partial charge in [-0.3, -0.25) is 5.10 Å². The van der Waals surface area contributed by atoms with E-state index in [-0.39, 0.29) is 0 Å². The van der Waals surface area contributed by atoms with E-state index in [4.69, 9.17) is 23.2 Å². The molecule has 5 nitrogen and oxygen atoms in total. The van der Waals surface area contributed by atoms with Crippen molar-refractivity contribution in [3.63, 3.8) is 0 Å². The van der Waals surface area contributed by atoms with E-state index in [0.29, 0.717) is 10.0 Å². The lowest BCUT2D eigenvalue weighted by molar-refractivity contribution is 0.785. The highest BCUT2D eigenvalue weighted by atomic mass is 35.5. The molecule has 1 aromatic carbocycles. The molecule has 3 rings (SSSR count). The first-order chi connectivity index (χ1) is 9.16. The van der Waals surface area contributed by atoms with Crippen molar-refractivity contribution in [2.75, 3.05) is 0 Å². The van der Waals surface area contributed by atoms with Crippen LogP contribution < -0.4 is 0 Å². The number of nitrogens with one attached hydrogen (secondary N) is 1. The van der Waals surface area contributed by atoms with Crippen molar-refractivity contribution in [3.05, 3.63) is 46.2 Å². The van der Waals surface area contributed by atoms with Gasteiger partial charge in [0.05, 0.1) is 22.1 Å². The molecule has 0 atom stereocenters. The Morgan fingerprint density at radius 2 is 2.05 bits per heavy atom.